The Hall–Kier alpha value is -7.42. The Balaban J connectivity index is 1.26. The molecule has 0 aliphatic carbocycles. The van der Waals surface area contributed by atoms with Gasteiger partial charge < -0.3 is 9.47 Å². The molecule has 10 aromatic rings. The molecule has 0 saturated heterocycles. The highest BCUT2D eigenvalue weighted by Gasteiger charge is 2.26. The number of hydrogen-bond donors (Lipinski definition) is 0. The van der Waals surface area contributed by atoms with E-state index in [1.54, 1.807) is 0 Å². The number of nitrogens with zero attached hydrogens (tertiary/aromatic N) is 2. The molecule has 10 rings (SSSR count). The van der Waals surface area contributed by atoms with Gasteiger partial charge in [0.1, 0.15) is 0 Å². The predicted molar refractivity (Wildman–Crippen MR) is 260 cm³/mol. The Morgan fingerprint density at radius 1 is 0.459 bits per heavy atom. The summed E-state index contributed by atoms with van der Waals surface area (Å²) in [6, 6.07) is 77.8. The first-order valence-corrected chi connectivity index (χ1v) is 21.5. The molecule has 0 bridgehead atoms. The number of aromatic nitrogens is 1. The van der Waals surface area contributed by atoms with Gasteiger partial charge in [0.05, 0.1) is 22.4 Å². The standard InChI is InChI=1S/C59H48N2/c1-4-45-24-16-31-56(58(45)52-29-17-28-51(42(52)3)50-27-15-14-19-41(50)2)60(49-36-34-47(35-37-49)46-22-10-6-11-23-46)57-32-18-30-53-54-40-44(39-43-20-8-5-9-21-43)33-38-55(54)61(59(53)57)48-25-12-7-13-26-48/h5-38,40H,4,39H2,1-3H3. The lowest BCUT2D eigenvalue weighted by molar-refractivity contribution is 1.13. The largest absolute Gasteiger partial charge is 0.308 e. The van der Waals surface area contributed by atoms with E-state index in [0.29, 0.717) is 0 Å². The van der Waals surface area contributed by atoms with Crippen molar-refractivity contribution in [3.63, 3.8) is 0 Å². The van der Waals surface area contributed by atoms with Crippen LogP contribution in [0.1, 0.15) is 34.7 Å². The van der Waals surface area contributed by atoms with Crippen molar-refractivity contribution in [3.8, 4) is 39.1 Å². The fraction of sp³-hybridized carbons (Fsp3) is 0.0847. The van der Waals surface area contributed by atoms with E-state index in [4.69, 9.17) is 0 Å². The summed E-state index contributed by atoms with van der Waals surface area (Å²) in [5.74, 6) is 0. The average Bonchev–Trinajstić information content (AvgIpc) is 3.65. The molecular weight excluding hydrogens is 737 g/mol. The molecule has 2 nitrogen and oxygen atoms in total. The van der Waals surface area contributed by atoms with Gasteiger partial charge in [0, 0.05) is 27.7 Å². The minimum Gasteiger partial charge on any atom is -0.308 e. The first-order valence-electron chi connectivity index (χ1n) is 21.5. The lowest BCUT2D eigenvalue weighted by Crippen LogP contribution is -2.14. The summed E-state index contributed by atoms with van der Waals surface area (Å²) in [6.07, 6.45) is 1.78. The highest BCUT2D eigenvalue weighted by atomic mass is 15.2. The summed E-state index contributed by atoms with van der Waals surface area (Å²) in [6.45, 7) is 6.79. The number of fused-ring (bicyclic) bond motifs is 3. The van der Waals surface area contributed by atoms with Crippen molar-refractivity contribution in [2.24, 2.45) is 0 Å². The van der Waals surface area contributed by atoms with Gasteiger partial charge in [-0.15, -0.1) is 0 Å². The van der Waals surface area contributed by atoms with E-state index in [2.05, 4.69) is 243 Å². The van der Waals surface area contributed by atoms with Crippen molar-refractivity contribution in [2.45, 2.75) is 33.6 Å². The Morgan fingerprint density at radius 2 is 1.08 bits per heavy atom. The number of rotatable bonds is 10. The van der Waals surface area contributed by atoms with Gasteiger partial charge in [-0.25, -0.2) is 0 Å². The molecule has 0 unspecified atom stereocenters. The first kappa shape index (κ1) is 37.8. The molecular formula is C59H48N2. The Labute approximate surface area is 359 Å². The van der Waals surface area contributed by atoms with Crippen molar-refractivity contribution in [3.05, 3.63) is 240 Å². The number of hydrogen-bond acceptors (Lipinski definition) is 1. The van der Waals surface area contributed by atoms with Gasteiger partial charge >= 0.3 is 0 Å². The van der Waals surface area contributed by atoms with E-state index in [9.17, 15) is 0 Å². The number of aryl methyl sites for hydroxylation is 2. The van der Waals surface area contributed by atoms with E-state index >= 15 is 0 Å². The highest BCUT2D eigenvalue weighted by Crippen LogP contribution is 2.48. The summed E-state index contributed by atoms with van der Waals surface area (Å²) < 4.78 is 2.48. The van der Waals surface area contributed by atoms with Gasteiger partial charge in [0.15, 0.2) is 0 Å². The van der Waals surface area contributed by atoms with Crippen LogP contribution in [-0.2, 0) is 12.8 Å². The summed E-state index contributed by atoms with van der Waals surface area (Å²) in [5, 5.41) is 2.47. The van der Waals surface area contributed by atoms with Crippen LogP contribution in [0.2, 0.25) is 0 Å². The molecule has 1 aromatic heterocycles. The molecule has 0 aliphatic rings. The summed E-state index contributed by atoms with van der Waals surface area (Å²) in [5.41, 5.74) is 20.8. The third-order valence-corrected chi connectivity index (χ3v) is 12.4. The second-order valence-corrected chi connectivity index (χ2v) is 16.1. The van der Waals surface area contributed by atoms with Crippen molar-refractivity contribution in [2.75, 3.05) is 4.90 Å². The molecule has 9 aromatic carbocycles. The van der Waals surface area contributed by atoms with Crippen LogP contribution in [0, 0.1) is 13.8 Å². The lowest BCUT2D eigenvalue weighted by atomic mass is 9.87. The molecule has 0 radical (unpaired) electrons. The second-order valence-electron chi connectivity index (χ2n) is 16.1. The smallest absolute Gasteiger partial charge is 0.0782 e. The van der Waals surface area contributed by atoms with Crippen molar-refractivity contribution < 1.29 is 0 Å². The molecule has 294 valence electrons. The minimum atomic E-state index is 0.877. The number of para-hydroxylation sites is 2. The van der Waals surface area contributed by atoms with Gasteiger partial charge in [-0.2, -0.15) is 0 Å². The van der Waals surface area contributed by atoms with Gasteiger partial charge in [-0.3, -0.25) is 0 Å². The van der Waals surface area contributed by atoms with Crippen LogP contribution in [0.25, 0.3) is 60.9 Å². The maximum Gasteiger partial charge on any atom is 0.0782 e. The van der Waals surface area contributed by atoms with Gasteiger partial charge in [0.25, 0.3) is 0 Å². The zero-order valence-electron chi connectivity index (χ0n) is 35.0. The molecule has 0 spiro atoms. The maximum absolute atomic E-state index is 2.52. The molecule has 0 N–H and O–H groups in total. The van der Waals surface area contributed by atoms with E-state index in [1.165, 1.54) is 83.0 Å². The van der Waals surface area contributed by atoms with E-state index in [1.807, 2.05) is 0 Å². The van der Waals surface area contributed by atoms with Crippen LogP contribution in [0.5, 0.6) is 0 Å². The van der Waals surface area contributed by atoms with Crippen LogP contribution in [0.4, 0.5) is 17.1 Å². The molecule has 2 heteroatoms. The first-order chi connectivity index (χ1) is 30.1. The molecule has 0 aliphatic heterocycles. The van der Waals surface area contributed by atoms with Crippen LogP contribution < -0.4 is 4.90 Å². The molecule has 1 heterocycles. The lowest BCUT2D eigenvalue weighted by Gasteiger charge is -2.31. The fourth-order valence-corrected chi connectivity index (χ4v) is 9.36. The summed E-state index contributed by atoms with van der Waals surface area (Å²) in [7, 11) is 0. The fourth-order valence-electron chi connectivity index (χ4n) is 9.36. The molecule has 0 atom stereocenters. The average molecular weight is 785 g/mol. The van der Waals surface area contributed by atoms with Crippen molar-refractivity contribution in [1.29, 1.82) is 0 Å². The van der Waals surface area contributed by atoms with Crippen LogP contribution >= 0.6 is 0 Å². The van der Waals surface area contributed by atoms with Crippen LogP contribution in [-0.4, -0.2) is 4.57 Å². The van der Waals surface area contributed by atoms with E-state index < -0.39 is 0 Å². The van der Waals surface area contributed by atoms with Crippen LogP contribution in [0.15, 0.2) is 212 Å². The summed E-state index contributed by atoms with van der Waals surface area (Å²) >= 11 is 0. The van der Waals surface area contributed by atoms with Crippen molar-refractivity contribution in [1.82, 2.24) is 4.57 Å². The van der Waals surface area contributed by atoms with Gasteiger partial charge in [-0.05, 0) is 131 Å². The summed E-state index contributed by atoms with van der Waals surface area (Å²) in [4.78, 5) is 2.52. The van der Waals surface area contributed by atoms with Gasteiger partial charge in [0.2, 0.25) is 0 Å². The third kappa shape index (κ3) is 7.00. The minimum absolute atomic E-state index is 0.877. The molecule has 0 fully saturated rings. The molecule has 0 amide bonds. The second kappa shape index (κ2) is 16.3. The quantitative estimate of drug-likeness (QED) is 0.134. The predicted octanol–water partition coefficient (Wildman–Crippen LogP) is 16.0. The highest BCUT2D eigenvalue weighted by molar-refractivity contribution is 6.15. The SMILES string of the molecule is CCc1cccc(N(c2ccc(-c3ccccc3)cc2)c2cccc3c4cc(Cc5ccccc5)ccc4n(-c4ccccc4)c23)c1-c1cccc(-c2ccccc2C)c1C. The molecule has 0 saturated carbocycles. The Kier molecular flexibility index (Phi) is 10.1. The van der Waals surface area contributed by atoms with Crippen LogP contribution in [0.3, 0.4) is 0 Å². The van der Waals surface area contributed by atoms with E-state index in [-0.39, 0.29) is 0 Å². The van der Waals surface area contributed by atoms with E-state index in [0.717, 1.165) is 35.6 Å². The zero-order chi connectivity index (χ0) is 41.3. The number of anilines is 3. The van der Waals surface area contributed by atoms with Gasteiger partial charge in [-0.1, -0.05) is 171 Å². The maximum atomic E-state index is 2.52. The number of benzene rings is 9. The zero-order valence-corrected chi connectivity index (χ0v) is 35.0. The third-order valence-electron chi connectivity index (χ3n) is 12.4. The Morgan fingerprint density at radius 3 is 1.84 bits per heavy atom. The monoisotopic (exact) mass is 784 g/mol. The topological polar surface area (TPSA) is 8.17 Å². The normalized spacial score (nSPS) is 11.3. The van der Waals surface area contributed by atoms with Crippen molar-refractivity contribution >= 4 is 38.9 Å². The molecule has 61 heavy (non-hydrogen) atoms. The Bertz CT molecular complexity index is 3140.